The molecule has 1 aromatic carbocycles. The first kappa shape index (κ1) is 15.3. The Labute approximate surface area is 129 Å². The highest BCUT2D eigenvalue weighted by Crippen LogP contribution is 2.42. The predicted octanol–water partition coefficient (Wildman–Crippen LogP) is 2.71. The third-order valence-corrected chi connectivity index (χ3v) is 5.03. The normalized spacial score (nSPS) is 38.2. The molecule has 21 heavy (non-hydrogen) atoms. The fraction of sp³-hybridized carbons (Fsp3) is 0.625. The van der Waals surface area contributed by atoms with E-state index in [1.807, 2.05) is 20.8 Å². The van der Waals surface area contributed by atoms with Gasteiger partial charge in [-0.05, 0) is 39.8 Å². The summed E-state index contributed by atoms with van der Waals surface area (Å²) in [6, 6.07) is 8.32. The van der Waals surface area contributed by atoms with Crippen molar-refractivity contribution in [3.63, 3.8) is 0 Å². The molecule has 0 unspecified atom stereocenters. The van der Waals surface area contributed by atoms with Gasteiger partial charge in [-0.15, -0.1) is 0 Å². The molecule has 4 nitrogen and oxygen atoms in total. The fourth-order valence-electron chi connectivity index (χ4n) is 2.77. The second-order valence-corrected chi connectivity index (χ2v) is 7.37. The monoisotopic (exact) mass is 310 g/mol. The van der Waals surface area contributed by atoms with Crippen LogP contribution < -0.4 is 0 Å². The SMILES string of the molecule is Cc1ccc(S[C@@H]2O[C@@H](C)[C@H](O)[C@H]3OC(C)(C)O[C@H]32)cc1. The Kier molecular flexibility index (Phi) is 4.05. The topological polar surface area (TPSA) is 47.9 Å². The van der Waals surface area contributed by atoms with E-state index in [0.29, 0.717) is 0 Å². The minimum atomic E-state index is -0.685. The molecule has 5 atom stereocenters. The molecule has 0 spiro atoms. The zero-order valence-electron chi connectivity index (χ0n) is 12.8. The van der Waals surface area contributed by atoms with Gasteiger partial charge in [-0.2, -0.15) is 0 Å². The van der Waals surface area contributed by atoms with Crippen LogP contribution in [-0.4, -0.2) is 40.7 Å². The summed E-state index contributed by atoms with van der Waals surface area (Å²) < 4.78 is 17.8. The van der Waals surface area contributed by atoms with E-state index >= 15 is 0 Å². The largest absolute Gasteiger partial charge is 0.388 e. The van der Waals surface area contributed by atoms with Gasteiger partial charge in [0.25, 0.3) is 0 Å². The predicted molar refractivity (Wildman–Crippen MR) is 81.2 cm³/mol. The van der Waals surface area contributed by atoms with Crippen LogP contribution >= 0.6 is 11.8 Å². The van der Waals surface area contributed by atoms with Crippen molar-refractivity contribution in [1.29, 1.82) is 0 Å². The summed E-state index contributed by atoms with van der Waals surface area (Å²) >= 11 is 1.62. The van der Waals surface area contributed by atoms with Crippen LogP contribution in [0.4, 0.5) is 0 Å². The highest BCUT2D eigenvalue weighted by Gasteiger charge is 2.54. The molecular weight excluding hydrogens is 288 g/mol. The number of fused-ring (bicyclic) bond motifs is 1. The lowest BCUT2D eigenvalue weighted by Crippen LogP contribution is -2.54. The van der Waals surface area contributed by atoms with Crippen LogP contribution in [0.3, 0.4) is 0 Å². The maximum Gasteiger partial charge on any atom is 0.164 e. The van der Waals surface area contributed by atoms with Gasteiger partial charge >= 0.3 is 0 Å². The van der Waals surface area contributed by atoms with Crippen molar-refractivity contribution in [1.82, 2.24) is 0 Å². The lowest BCUT2D eigenvalue weighted by molar-refractivity contribution is -0.159. The van der Waals surface area contributed by atoms with E-state index in [0.717, 1.165) is 4.90 Å². The number of thioether (sulfide) groups is 1. The molecule has 2 aliphatic heterocycles. The van der Waals surface area contributed by atoms with Crippen molar-refractivity contribution >= 4 is 11.8 Å². The van der Waals surface area contributed by atoms with Gasteiger partial charge in [-0.1, -0.05) is 29.5 Å². The molecule has 5 heteroatoms. The Morgan fingerprint density at radius 3 is 2.38 bits per heavy atom. The summed E-state index contributed by atoms with van der Waals surface area (Å²) in [7, 11) is 0. The number of hydrogen-bond acceptors (Lipinski definition) is 5. The van der Waals surface area contributed by atoms with Crippen LogP contribution in [-0.2, 0) is 14.2 Å². The van der Waals surface area contributed by atoms with Gasteiger partial charge < -0.3 is 19.3 Å². The van der Waals surface area contributed by atoms with Crippen molar-refractivity contribution in [3.05, 3.63) is 29.8 Å². The Morgan fingerprint density at radius 2 is 1.71 bits per heavy atom. The average Bonchev–Trinajstić information content (AvgIpc) is 2.75. The van der Waals surface area contributed by atoms with Gasteiger partial charge in [-0.25, -0.2) is 0 Å². The molecule has 0 radical (unpaired) electrons. The van der Waals surface area contributed by atoms with Crippen molar-refractivity contribution in [2.24, 2.45) is 0 Å². The van der Waals surface area contributed by atoms with Gasteiger partial charge in [0.05, 0.1) is 6.10 Å². The Bertz CT molecular complexity index is 502. The summed E-state index contributed by atoms with van der Waals surface area (Å²) in [5, 5.41) is 10.3. The maximum atomic E-state index is 10.3. The Morgan fingerprint density at radius 1 is 1.10 bits per heavy atom. The number of aliphatic hydroxyl groups excluding tert-OH is 1. The van der Waals surface area contributed by atoms with Crippen LogP contribution in [0, 0.1) is 6.92 Å². The molecule has 116 valence electrons. The molecule has 1 N–H and O–H groups in total. The average molecular weight is 310 g/mol. The minimum absolute atomic E-state index is 0.183. The van der Waals surface area contributed by atoms with Crippen molar-refractivity contribution in [2.45, 2.75) is 68.2 Å². The molecular formula is C16H22O4S. The van der Waals surface area contributed by atoms with Crippen LogP contribution in [0.2, 0.25) is 0 Å². The highest BCUT2D eigenvalue weighted by atomic mass is 32.2. The van der Waals surface area contributed by atoms with E-state index in [9.17, 15) is 5.11 Å². The molecule has 0 bridgehead atoms. The lowest BCUT2D eigenvalue weighted by Gasteiger charge is -2.38. The molecule has 2 saturated heterocycles. The number of aliphatic hydroxyl groups is 1. The third-order valence-electron chi connectivity index (χ3n) is 3.87. The first-order chi connectivity index (χ1) is 9.85. The first-order valence-electron chi connectivity index (χ1n) is 7.28. The molecule has 2 heterocycles. The molecule has 0 aliphatic carbocycles. The van der Waals surface area contributed by atoms with E-state index in [2.05, 4.69) is 31.2 Å². The summed E-state index contributed by atoms with van der Waals surface area (Å²) in [4.78, 5) is 1.13. The number of ether oxygens (including phenoxy) is 3. The summed E-state index contributed by atoms with van der Waals surface area (Å²) in [6.45, 7) is 7.68. The molecule has 0 saturated carbocycles. The van der Waals surface area contributed by atoms with E-state index in [-0.39, 0.29) is 23.7 Å². The van der Waals surface area contributed by atoms with E-state index in [4.69, 9.17) is 14.2 Å². The molecule has 1 aromatic rings. The Hall–Kier alpha value is -0.590. The quantitative estimate of drug-likeness (QED) is 0.910. The van der Waals surface area contributed by atoms with E-state index < -0.39 is 11.9 Å². The summed E-state index contributed by atoms with van der Waals surface area (Å²) in [6.07, 6.45) is -1.54. The summed E-state index contributed by atoms with van der Waals surface area (Å²) in [5.74, 6) is -0.685. The number of rotatable bonds is 2. The lowest BCUT2D eigenvalue weighted by atomic mass is 10.0. The summed E-state index contributed by atoms with van der Waals surface area (Å²) in [5.41, 5.74) is 1.05. The zero-order chi connectivity index (χ0) is 15.2. The van der Waals surface area contributed by atoms with Crippen molar-refractivity contribution in [2.75, 3.05) is 0 Å². The van der Waals surface area contributed by atoms with Gasteiger partial charge in [-0.3, -0.25) is 0 Å². The van der Waals surface area contributed by atoms with E-state index in [1.165, 1.54) is 5.56 Å². The van der Waals surface area contributed by atoms with Crippen LogP contribution in [0.25, 0.3) is 0 Å². The van der Waals surface area contributed by atoms with Crippen LogP contribution in [0.15, 0.2) is 29.2 Å². The van der Waals surface area contributed by atoms with Gasteiger partial charge in [0, 0.05) is 4.90 Å². The first-order valence-corrected chi connectivity index (χ1v) is 8.16. The van der Waals surface area contributed by atoms with Gasteiger partial charge in [0.2, 0.25) is 0 Å². The van der Waals surface area contributed by atoms with Crippen LogP contribution in [0.5, 0.6) is 0 Å². The number of benzene rings is 1. The molecule has 2 aliphatic rings. The molecule has 2 fully saturated rings. The molecule has 0 aromatic heterocycles. The zero-order valence-corrected chi connectivity index (χ0v) is 13.6. The van der Waals surface area contributed by atoms with Crippen LogP contribution in [0.1, 0.15) is 26.3 Å². The van der Waals surface area contributed by atoms with Gasteiger partial charge in [0.1, 0.15) is 23.7 Å². The minimum Gasteiger partial charge on any atom is -0.388 e. The highest BCUT2D eigenvalue weighted by molar-refractivity contribution is 7.99. The van der Waals surface area contributed by atoms with Crippen molar-refractivity contribution in [3.8, 4) is 0 Å². The third kappa shape index (κ3) is 3.12. The molecule has 0 amide bonds. The number of hydrogen-bond donors (Lipinski definition) is 1. The second kappa shape index (κ2) is 5.56. The molecule has 3 rings (SSSR count). The van der Waals surface area contributed by atoms with Crippen molar-refractivity contribution < 1.29 is 19.3 Å². The number of aryl methyl sites for hydroxylation is 1. The smallest absolute Gasteiger partial charge is 0.164 e. The fourth-order valence-corrected chi connectivity index (χ4v) is 3.91. The maximum absolute atomic E-state index is 10.3. The standard InChI is InChI=1S/C16H22O4S/c1-9-5-7-11(8-6-9)21-15-14-13(12(17)10(2)18-15)19-16(3,4)20-14/h5-8,10,12-15,17H,1-4H3/t10-,12-,13+,14+,15-/m0/s1. The Balaban J connectivity index is 1.79. The van der Waals surface area contributed by atoms with E-state index in [1.54, 1.807) is 11.8 Å². The van der Waals surface area contributed by atoms with Gasteiger partial charge in [0.15, 0.2) is 5.79 Å². The second-order valence-electron chi connectivity index (χ2n) is 6.20.